The first-order valence-electron chi connectivity index (χ1n) is 2.35. The SMILES string of the molecule is CCC(C)(C)N.[H-].[Li+]. The molecule has 2 N–H and O–H groups in total. The molecule has 2 heteroatoms. The third-order valence-electron chi connectivity index (χ3n) is 0.911. The average molecular weight is 95.1 g/mol. The third-order valence-corrected chi connectivity index (χ3v) is 0.911. The summed E-state index contributed by atoms with van der Waals surface area (Å²) in [5, 5.41) is 0. The molecule has 0 aromatic carbocycles. The van der Waals surface area contributed by atoms with Gasteiger partial charge in [-0.25, -0.2) is 0 Å². The van der Waals surface area contributed by atoms with E-state index in [9.17, 15) is 0 Å². The van der Waals surface area contributed by atoms with Crippen LogP contribution in [0, 0.1) is 0 Å². The molecule has 0 amide bonds. The predicted octanol–water partition coefficient (Wildman–Crippen LogP) is -1.75. The monoisotopic (exact) mass is 95.1 g/mol. The van der Waals surface area contributed by atoms with E-state index >= 15 is 0 Å². The Morgan fingerprint density at radius 1 is 1.57 bits per heavy atom. The van der Waals surface area contributed by atoms with E-state index in [1.165, 1.54) is 0 Å². The molecule has 1 nitrogen and oxygen atoms in total. The molecular formula is C5H14LiN. The smallest absolute Gasteiger partial charge is 1.00 e. The van der Waals surface area contributed by atoms with Crippen LogP contribution < -0.4 is 24.6 Å². The average Bonchev–Trinajstić information content (AvgIpc) is 1.35. The summed E-state index contributed by atoms with van der Waals surface area (Å²) in [4.78, 5) is 0. The zero-order chi connectivity index (χ0) is 5.21. The summed E-state index contributed by atoms with van der Waals surface area (Å²) in [6.07, 6.45) is 1.05. The van der Waals surface area contributed by atoms with Crippen LogP contribution in [0.3, 0.4) is 0 Å². The first-order valence-corrected chi connectivity index (χ1v) is 2.35. The minimum Gasteiger partial charge on any atom is -1.00 e. The molecule has 0 aromatic rings. The van der Waals surface area contributed by atoms with Crippen molar-refractivity contribution >= 4 is 0 Å². The minimum atomic E-state index is 0. The van der Waals surface area contributed by atoms with Crippen molar-refractivity contribution in [3.8, 4) is 0 Å². The Balaban J connectivity index is -0.000000125. The predicted molar refractivity (Wildman–Crippen MR) is 29.7 cm³/mol. The Morgan fingerprint density at radius 3 is 1.71 bits per heavy atom. The molecule has 0 saturated heterocycles. The fourth-order valence-corrected chi connectivity index (χ4v) is 0. The molecule has 0 aromatic heterocycles. The van der Waals surface area contributed by atoms with Gasteiger partial charge < -0.3 is 7.16 Å². The molecule has 0 rings (SSSR count). The first kappa shape index (κ1) is 10.5. The summed E-state index contributed by atoms with van der Waals surface area (Å²) in [6.45, 7) is 6.12. The van der Waals surface area contributed by atoms with Crippen LogP contribution in [-0.2, 0) is 0 Å². The van der Waals surface area contributed by atoms with Crippen molar-refractivity contribution in [2.75, 3.05) is 0 Å². The Bertz CT molecular complexity index is 42.2. The molecule has 0 spiro atoms. The Morgan fingerprint density at radius 2 is 1.71 bits per heavy atom. The van der Waals surface area contributed by atoms with Crippen molar-refractivity contribution in [1.29, 1.82) is 0 Å². The molecular weight excluding hydrogens is 81.0 g/mol. The molecule has 0 atom stereocenters. The van der Waals surface area contributed by atoms with Crippen LogP contribution in [0.15, 0.2) is 0 Å². The van der Waals surface area contributed by atoms with Gasteiger partial charge >= 0.3 is 18.9 Å². The molecule has 7 heavy (non-hydrogen) atoms. The summed E-state index contributed by atoms with van der Waals surface area (Å²) in [5.74, 6) is 0. The third kappa shape index (κ3) is 10.8. The minimum absolute atomic E-state index is 0. The topological polar surface area (TPSA) is 26.0 Å². The number of rotatable bonds is 1. The molecule has 0 aliphatic heterocycles. The van der Waals surface area contributed by atoms with Crippen LogP contribution in [0.1, 0.15) is 28.6 Å². The summed E-state index contributed by atoms with van der Waals surface area (Å²) in [5.41, 5.74) is 5.58. The molecule has 0 aliphatic carbocycles. The second-order valence-electron chi connectivity index (χ2n) is 2.34. The largest absolute Gasteiger partial charge is 1.00 e. The maximum absolute atomic E-state index is 5.53. The van der Waals surface area contributed by atoms with E-state index < -0.39 is 0 Å². The molecule has 0 aliphatic rings. The molecule has 0 unspecified atom stereocenters. The van der Waals surface area contributed by atoms with Crippen molar-refractivity contribution in [1.82, 2.24) is 0 Å². The first-order chi connectivity index (χ1) is 2.56. The number of nitrogens with two attached hydrogens (primary N) is 1. The van der Waals surface area contributed by atoms with Gasteiger partial charge in [-0.1, -0.05) is 6.92 Å². The van der Waals surface area contributed by atoms with Gasteiger partial charge in [-0.05, 0) is 20.3 Å². The quantitative estimate of drug-likeness (QED) is 0.384. The van der Waals surface area contributed by atoms with Gasteiger partial charge in [-0.3, -0.25) is 0 Å². The van der Waals surface area contributed by atoms with Crippen LogP contribution in [0.2, 0.25) is 0 Å². The molecule has 0 fully saturated rings. The van der Waals surface area contributed by atoms with E-state index in [-0.39, 0.29) is 25.8 Å². The molecule has 0 radical (unpaired) electrons. The second kappa shape index (κ2) is 3.55. The number of hydrogen-bond acceptors (Lipinski definition) is 1. The molecule has 0 heterocycles. The van der Waals surface area contributed by atoms with E-state index in [1.54, 1.807) is 0 Å². The van der Waals surface area contributed by atoms with Gasteiger partial charge in [0, 0.05) is 5.54 Å². The van der Waals surface area contributed by atoms with E-state index in [1.807, 2.05) is 13.8 Å². The van der Waals surface area contributed by atoms with E-state index in [0.29, 0.717) is 0 Å². The molecule has 40 valence electrons. The second-order valence-corrected chi connectivity index (χ2v) is 2.34. The maximum Gasteiger partial charge on any atom is 1.00 e. The van der Waals surface area contributed by atoms with Crippen molar-refractivity contribution in [2.45, 2.75) is 32.7 Å². The van der Waals surface area contributed by atoms with Crippen molar-refractivity contribution < 1.29 is 20.3 Å². The van der Waals surface area contributed by atoms with Gasteiger partial charge in [0.15, 0.2) is 0 Å². The normalized spacial score (nSPS) is 10.3. The number of hydrogen-bond donors (Lipinski definition) is 1. The summed E-state index contributed by atoms with van der Waals surface area (Å²) in [7, 11) is 0. The zero-order valence-electron chi connectivity index (χ0n) is 6.78. The van der Waals surface area contributed by atoms with Crippen molar-refractivity contribution in [3.63, 3.8) is 0 Å². The van der Waals surface area contributed by atoms with Gasteiger partial charge in [0.05, 0.1) is 0 Å². The maximum atomic E-state index is 5.53. The molecule has 0 bridgehead atoms. The van der Waals surface area contributed by atoms with Gasteiger partial charge in [-0.15, -0.1) is 0 Å². The summed E-state index contributed by atoms with van der Waals surface area (Å²) >= 11 is 0. The van der Waals surface area contributed by atoms with Gasteiger partial charge in [-0.2, -0.15) is 0 Å². The zero-order valence-corrected chi connectivity index (χ0v) is 5.78. The van der Waals surface area contributed by atoms with E-state index in [2.05, 4.69) is 6.92 Å². The van der Waals surface area contributed by atoms with Crippen LogP contribution >= 0.6 is 0 Å². The molecule has 0 saturated carbocycles. The van der Waals surface area contributed by atoms with Crippen LogP contribution in [0.5, 0.6) is 0 Å². The van der Waals surface area contributed by atoms with Gasteiger partial charge in [0.25, 0.3) is 0 Å². The van der Waals surface area contributed by atoms with E-state index in [4.69, 9.17) is 5.73 Å². The van der Waals surface area contributed by atoms with E-state index in [0.717, 1.165) is 6.42 Å². The Kier molecular flexibility index (Phi) is 5.33. The Hall–Kier alpha value is 0.557. The van der Waals surface area contributed by atoms with Crippen molar-refractivity contribution in [3.05, 3.63) is 0 Å². The van der Waals surface area contributed by atoms with Gasteiger partial charge in [0.1, 0.15) is 0 Å². The fourth-order valence-electron chi connectivity index (χ4n) is 0. The fraction of sp³-hybridized carbons (Fsp3) is 1.00. The van der Waals surface area contributed by atoms with Gasteiger partial charge in [0.2, 0.25) is 0 Å². The summed E-state index contributed by atoms with van der Waals surface area (Å²) in [6, 6.07) is 0. The summed E-state index contributed by atoms with van der Waals surface area (Å²) < 4.78 is 0. The Labute approximate surface area is 59.3 Å². The standard InChI is InChI=1S/C5H13N.Li.H/c1-4-5(2,3)6;;/h4,6H2,1-3H3;;/q;+1;-1. The van der Waals surface area contributed by atoms with Crippen LogP contribution in [-0.4, -0.2) is 5.54 Å². The van der Waals surface area contributed by atoms with Crippen molar-refractivity contribution in [2.24, 2.45) is 5.73 Å². The van der Waals surface area contributed by atoms with Crippen LogP contribution in [0.25, 0.3) is 0 Å². The van der Waals surface area contributed by atoms with Crippen LogP contribution in [0.4, 0.5) is 0 Å².